The molecule has 4 heteroatoms. The van der Waals surface area contributed by atoms with Crippen molar-refractivity contribution in [3.8, 4) is 0 Å². The molecule has 2 nitrogen and oxygen atoms in total. The molecule has 0 aromatic heterocycles. The summed E-state index contributed by atoms with van der Waals surface area (Å²) in [5.41, 5.74) is 0. The van der Waals surface area contributed by atoms with E-state index in [1.165, 1.54) is 19.3 Å². The molecule has 0 aromatic rings. The van der Waals surface area contributed by atoms with Crippen LogP contribution in [0.15, 0.2) is 0 Å². The maximum Gasteiger partial charge on any atom is 0.261 e. The molecule has 0 aromatic carbocycles. The van der Waals surface area contributed by atoms with Crippen molar-refractivity contribution in [1.29, 1.82) is 0 Å². The van der Waals surface area contributed by atoms with E-state index in [0.29, 0.717) is 12.6 Å². The fourth-order valence-corrected chi connectivity index (χ4v) is 1.99. The number of alkyl halides is 2. The first-order valence-electron chi connectivity index (χ1n) is 5.83. The maximum atomic E-state index is 11.8. The number of nitrogens with one attached hydrogen (secondary N) is 1. The van der Waals surface area contributed by atoms with Crippen LogP contribution in [0, 0.1) is 5.92 Å². The van der Waals surface area contributed by atoms with Gasteiger partial charge in [0.2, 0.25) is 0 Å². The average molecular weight is 221 g/mol. The Bertz CT molecular complexity index is 163. The lowest BCUT2D eigenvalue weighted by Gasteiger charge is -2.34. The van der Waals surface area contributed by atoms with Crippen LogP contribution in [0.3, 0.4) is 0 Å². The molecule has 1 aliphatic rings. The third-order valence-electron chi connectivity index (χ3n) is 3.00. The molecule has 90 valence electrons. The first-order valence-corrected chi connectivity index (χ1v) is 5.83. The van der Waals surface area contributed by atoms with Gasteiger partial charge in [0.25, 0.3) is 6.43 Å². The summed E-state index contributed by atoms with van der Waals surface area (Å²) in [6.45, 7) is 3.03. The van der Waals surface area contributed by atoms with E-state index < -0.39 is 13.0 Å². The zero-order chi connectivity index (χ0) is 11.1. The van der Waals surface area contributed by atoms with Gasteiger partial charge in [-0.2, -0.15) is 0 Å². The van der Waals surface area contributed by atoms with Crippen molar-refractivity contribution in [2.75, 3.05) is 19.8 Å². The molecule has 0 heterocycles. The molecule has 1 rings (SSSR count). The van der Waals surface area contributed by atoms with E-state index in [-0.39, 0.29) is 0 Å². The van der Waals surface area contributed by atoms with Crippen LogP contribution in [0.25, 0.3) is 0 Å². The summed E-state index contributed by atoms with van der Waals surface area (Å²) < 4.78 is 28.5. The number of hydrogen-bond acceptors (Lipinski definition) is 2. The van der Waals surface area contributed by atoms with Crippen molar-refractivity contribution in [1.82, 2.24) is 5.32 Å². The lowest BCUT2D eigenvalue weighted by atomic mass is 9.78. The van der Waals surface area contributed by atoms with Crippen LogP contribution in [-0.4, -0.2) is 32.2 Å². The van der Waals surface area contributed by atoms with E-state index in [4.69, 9.17) is 4.74 Å². The van der Waals surface area contributed by atoms with Crippen molar-refractivity contribution < 1.29 is 13.5 Å². The minimum Gasteiger partial charge on any atom is -0.375 e. The molecule has 0 bridgehead atoms. The van der Waals surface area contributed by atoms with Gasteiger partial charge in [-0.1, -0.05) is 13.3 Å². The molecular formula is C11H21F2NO. The number of ether oxygens (including phenoxy) is 1. The fourth-order valence-electron chi connectivity index (χ4n) is 1.99. The largest absolute Gasteiger partial charge is 0.375 e. The number of hydrogen-bond donors (Lipinski definition) is 1. The topological polar surface area (TPSA) is 21.3 Å². The Morgan fingerprint density at radius 2 is 2.13 bits per heavy atom. The van der Waals surface area contributed by atoms with Gasteiger partial charge in [-0.3, -0.25) is 0 Å². The molecule has 1 aliphatic carbocycles. The minimum absolute atomic E-state index is 0.427. The Balaban J connectivity index is 2.08. The van der Waals surface area contributed by atoms with Crippen molar-refractivity contribution in [2.24, 2.45) is 5.92 Å². The van der Waals surface area contributed by atoms with E-state index in [0.717, 1.165) is 18.9 Å². The van der Waals surface area contributed by atoms with Crippen LogP contribution in [-0.2, 0) is 4.74 Å². The monoisotopic (exact) mass is 221 g/mol. The Morgan fingerprint density at radius 3 is 2.60 bits per heavy atom. The lowest BCUT2D eigenvalue weighted by molar-refractivity contribution is 0.0112. The quantitative estimate of drug-likeness (QED) is 0.636. The van der Waals surface area contributed by atoms with Gasteiger partial charge in [0, 0.05) is 12.6 Å². The standard InChI is InChI=1S/C11H21F2NO/c1-2-14-10(9-4-3-5-9)6-7-15-8-11(12)13/h9-11,14H,2-8H2,1H3. The molecule has 15 heavy (non-hydrogen) atoms. The highest BCUT2D eigenvalue weighted by Crippen LogP contribution is 2.30. The molecule has 1 atom stereocenters. The van der Waals surface area contributed by atoms with E-state index in [9.17, 15) is 8.78 Å². The summed E-state index contributed by atoms with van der Waals surface area (Å²) in [5.74, 6) is 0.736. The van der Waals surface area contributed by atoms with Gasteiger partial charge in [-0.15, -0.1) is 0 Å². The van der Waals surface area contributed by atoms with Gasteiger partial charge in [0.05, 0.1) is 0 Å². The summed E-state index contributed by atoms with van der Waals surface area (Å²) in [6, 6.07) is 0.460. The van der Waals surface area contributed by atoms with Gasteiger partial charge in [-0.05, 0) is 31.7 Å². The smallest absolute Gasteiger partial charge is 0.261 e. The van der Waals surface area contributed by atoms with Gasteiger partial charge in [0.15, 0.2) is 0 Å². The second-order valence-electron chi connectivity index (χ2n) is 4.11. The number of rotatable bonds is 8. The Labute approximate surface area is 90.4 Å². The Morgan fingerprint density at radius 1 is 1.40 bits per heavy atom. The van der Waals surface area contributed by atoms with Crippen LogP contribution in [0.5, 0.6) is 0 Å². The van der Waals surface area contributed by atoms with Crippen LogP contribution in [0.2, 0.25) is 0 Å². The molecule has 1 unspecified atom stereocenters. The highest BCUT2D eigenvalue weighted by Gasteiger charge is 2.26. The predicted molar refractivity (Wildman–Crippen MR) is 56.2 cm³/mol. The zero-order valence-electron chi connectivity index (χ0n) is 9.35. The molecule has 0 saturated heterocycles. The molecule has 0 spiro atoms. The van der Waals surface area contributed by atoms with Crippen molar-refractivity contribution in [3.63, 3.8) is 0 Å². The minimum atomic E-state index is -2.34. The first kappa shape index (κ1) is 12.8. The van der Waals surface area contributed by atoms with Crippen molar-refractivity contribution in [3.05, 3.63) is 0 Å². The zero-order valence-corrected chi connectivity index (χ0v) is 9.35. The third-order valence-corrected chi connectivity index (χ3v) is 3.00. The van der Waals surface area contributed by atoms with E-state index in [2.05, 4.69) is 12.2 Å². The summed E-state index contributed by atoms with van der Waals surface area (Å²) in [5, 5.41) is 3.41. The van der Waals surface area contributed by atoms with Crippen molar-refractivity contribution >= 4 is 0 Å². The van der Waals surface area contributed by atoms with Gasteiger partial charge >= 0.3 is 0 Å². The second kappa shape index (κ2) is 7.12. The molecule has 1 saturated carbocycles. The van der Waals surface area contributed by atoms with Crippen LogP contribution in [0.1, 0.15) is 32.6 Å². The van der Waals surface area contributed by atoms with Crippen molar-refractivity contribution in [2.45, 2.75) is 45.1 Å². The highest BCUT2D eigenvalue weighted by molar-refractivity contribution is 4.82. The normalized spacial score (nSPS) is 19.2. The summed E-state index contributed by atoms with van der Waals surface area (Å²) in [7, 11) is 0. The van der Waals surface area contributed by atoms with Crippen LogP contribution in [0.4, 0.5) is 8.78 Å². The fraction of sp³-hybridized carbons (Fsp3) is 1.00. The van der Waals surface area contributed by atoms with Gasteiger partial charge in [0.1, 0.15) is 6.61 Å². The van der Waals surface area contributed by atoms with E-state index in [1.54, 1.807) is 0 Å². The Hall–Kier alpha value is -0.220. The maximum absolute atomic E-state index is 11.8. The lowest BCUT2D eigenvalue weighted by Crippen LogP contribution is -2.40. The average Bonchev–Trinajstić information content (AvgIpc) is 2.09. The number of halogens is 2. The molecule has 0 aliphatic heterocycles. The molecule has 1 N–H and O–H groups in total. The molecule has 0 amide bonds. The molecule has 0 radical (unpaired) electrons. The molecular weight excluding hydrogens is 200 g/mol. The SMILES string of the molecule is CCNC(CCOCC(F)F)C1CCC1. The summed E-state index contributed by atoms with van der Waals surface area (Å²) >= 11 is 0. The molecule has 1 fully saturated rings. The Kier molecular flexibility index (Phi) is 6.10. The predicted octanol–water partition coefficient (Wildman–Crippen LogP) is 2.44. The second-order valence-corrected chi connectivity index (χ2v) is 4.11. The summed E-state index contributed by atoms with van der Waals surface area (Å²) in [4.78, 5) is 0. The van der Waals surface area contributed by atoms with Crippen LogP contribution < -0.4 is 5.32 Å². The third kappa shape index (κ3) is 4.89. The highest BCUT2D eigenvalue weighted by atomic mass is 19.3. The summed E-state index contributed by atoms with van der Waals surface area (Å²) in [6.07, 6.45) is 2.36. The van der Waals surface area contributed by atoms with Gasteiger partial charge < -0.3 is 10.1 Å². The van der Waals surface area contributed by atoms with Gasteiger partial charge in [-0.25, -0.2) is 8.78 Å². The van der Waals surface area contributed by atoms with Crippen LogP contribution >= 0.6 is 0 Å². The van der Waals surface area contributed by atoms with E-state index >= 15 is 0 Å². The van der Waals surface area contributed by atoms with E-state index in [1.807, 2.05) is 0 Å². The first-order chi connectivity index (χ1) is 7.24.